The molecule has 348 valence electrons. The van der Waals surface area contributed by atoms with Gasteiger partial charge in [0, 0.05) is 41.2 Å². The fourth-order valence-electron chi connectivity index (χ4n) is 10.8. The summed E-state index contributed by atoms with van der Waals surface area (Å²) in [6.07, 6.45) is 10.1. The van der Waals surface area contributed by atoms with Crippen LogP contribution in [0.2, 0.25) is 0 Å². The van der Waals surface area contributed by atoms with E-state index in [-0.39, 0.29) is 64.6 Å². The molecule has 0 amide bonds. The molecule has 1 spiro atoms. The largest absolute Gasteiger partial charge is 0.536 e. The molecule has 0 radical (unpaired) electrons. The van der Waals surface area contributed by atoms with E-state index in [9.17, 15) is 43.3 Å². The van der Waals surface area contributed by atoms with E-state index in [1.165, 1.54) is 7.11 Å². The van der Waals surface area contributed by atoms with Gasteiger partial charge in [0.15, 0.2) is 22.7 Å². The van der Waals surface area contributed by atoms with Crippen LogP contribution in [0.4, 0.5) is 0 Å². The second kappa shape index (κ2) is 16.1. The third-order valence-corrected chi connectivity index (χ3v) is 16.9. The summed E-state index contributed by atoms with van der Waals surface area (Å²) >= 11 is 0. The number of ketones is 1. The van der Waals surface area contributed by atoms with Crippen LogP contribution in [0, 0.1) is 35.0 Å². The molecule has 7 N–H and O–H groups in total. The van der Waals surface area contributed by atoms with Gasteiger partial charge in [0.05, 0.1) is 41.5 Å². The molecular formula is C42H54N3O16P3. The van der Waals surface area contributed by atoms with E-state index in [1.807, 2.05) is 60.6 Å². The number of phosphoric acid groups is 3. The highest BCUT2D eigenvalue weighted by atomic mass is 31.3. The monoisotopic (exact) mass is 949 g/mol. The number of ether oxygens (including phenoxy) is 4. The summed E-state index contributed by atoms with van der Waals surface area (Å²) < 4.78 is 78.8. The number of hydrogen-bond donors (Lipinski definition) is 6. The average molecular weight is 950 g/mol. The molecule has 3 aliphatic carbocycles. The molecule has 4 bridgehead atoms. The average Bonchev–Trinajstić information content (AvgIpc) is 3.30. The van der Waals surface area contributed by atoms with Crippen LogP contribution in [0.3, 0.4) is 0 Å². The van der Waals surface area contributed by atoms with Gasteiger partial charge in [-0.3, -0.25) is 9.69 Å². The zero-order valence-electron chi connectivity index (χ0n) is 36.9. The molecule has 64 heavy (non-hydrogen) atoms. The summed E-state index contributed by atoms with van der Waals surface area (Å²) in [7, 11) is -16.5. The third kappa shape index (κ3) is 7.93. The van der Waals surface area contributed by atoms with Gasteiger partial charge in [-0.15, -0.1) is 0 Å². The predicted octanol–water partition coefficient (Wildman–Crippen LogP) is 6.79. The van der Waals surface area contributed by atoms with E-state index >= 15 is 4.79 Å². The molecule has 4 fully saturated rings. The van der Waals surface area contributed by atoms with Crippen molar-refractivity contribution in [3.05, 3.63) is 69.1 Å². The maximum atomic E-state index is 15.4. The van der Waals surface area contributed by atoms with Crippen LogP contribution in [0.1, 0.15) is 104 Å². The van der Waals surface area contributed by atoms with Crippen molar-refractivity contribution in [1.82, 2.24) is 5.32 Å². The van der Waals surface area contributed by atoms with Crippen LogP contribution in [0.25, 0.3) is 6.08 Å². The molecule has 4 aliphatic heterocycles. The van der Waals surface area contributed by atoms with E-state index < -0.39 is 87.3 Å². The first kappa shape index (κ1) is 47.9. The van der Waals surface area contributed by atoms with Crippen molar-refractivity contribution in [2.24, 2.45) is 29.4 Å². The lowest BCUT2D eigenvalue weighted by molar-refractivity contribution is -0.224. The van der Waals surface area contributed by atoms with Gasteiger partial charge in [-0.2, -0.15) is 13.9 Å². The number of rotatable bonds is 14. The van der Waals surface area contributed by atoms with E-state index in [2.05, 4.69) is 20.0 Å². The quantitative estimate of drug-likeness (QED) is 0.0484. The lowest BCUT2D eigenvalue weighted by Crippen LogP contribution is -2.80. The van der Waals surface area contributed by atoms with Crippen molar-refractivity contribution >= 4 is 41.3 Å². The summed E-state index contributed by atoms with van der Waals surface area (Å²) in [6.45, 7) is 14.8. The van der Waals surface area contributed by atoms with Crippen LogP contribution < -0.4 is 25.0 Å². The van der Waals surface area contributed by atoms with Crippen molar-refractivity contribution < 1.29 is 75.0 Å². The topological polar surface area (TPSA) is 293 Å². The van der Waals surface area contributed by atoms with Gasteiger partial charge in [0.25, 0.3) is 0 Å². The Bertz CT molecular complexity index is 2560. The first-order chi connectivity index (χ1) is 29.6. The summed E-state index contributed by atoms with van der Waals surface area (Å²) in [5.41, 5.74) is 3.96. The molecule has 7 aliphatic rings. The molecular weight excluding hydrogens is 895 g/mol. The Morgan fingerprint density at radius 1 is 1.00 bits per heavy atom. The third-order valence-electron chi connectivity index (χ3n) is 13.2. The zero-order valence-corrected chi connectivity index (χ0v) is 39.5. The molecule has 3 saturated carbocycles. The first-order valence-electron chi connectivity index (χ1n) is 20.6. The van der Waals surface area contributed by atoms with Crippen molar-refractivity contribution in [2.45, 2.75) is 116 Å². The van der Waals surface area contributed by atoms with E-state index in [0.717, 1.165) is 11.1 Å². The summed E-state index contributed by atoms with van der Waals surface area (Å²) in [5.74, 6) is -4.65. The Morgan fingerprint density at radius 3 is 2.28 bits per heavy atom. The Labute approximate surface area is 370 Å². The SMILES string of the molecule is COC(=O)/C(C)=C\CC12OC(C)(C)C3CC(C1=O)C1C(C#N)=C(N)NC4c5c(OP(=O)(O)OP(=O)(O)OP(=O)(O)O)c6c(c(CC=C(C)C)c5OC32C41)OC(C)(CCC=C(C)C)C=C6. The number of hydrogen-bond acceptors (Lipinski definition) is 15. The normalized spacial score (nSPS) is 32.2. The summed E-state index contributed by atoms with van der Waals surface area (Å²) in [6, 6.07) is 1.08. The minimum Gasteiger partial charge on any atom is -0.482 e. The molecule has 22 heteroatoms. The fraction of sp³-hybridized carbons (Fsp3) is 0.548. The zero-order chi connectivity index (χ0) is 47.3. The maximum absolute atomic E-state index is 15.4. The highest BCUT2D eigenvalue weighted by Gasteiger charge is 2.86. The van der Waals surface area contributed by atoms with E-state index in [4.69, 9.17) is 29.2 Å². The number of phosphoric ester groups is 1. The summed E-state index contributed by atoms with van der Waals surface area (Å²) in [5, 5.41) is 13.9. The minimum atomic E-state index is -6.01. The number of nitrogens with zero attached hydrogens (tertiary/aromatic N) is 1. The van der Waals surface area contributed by atoms with Gasteiger partial charge in [0.2, 0.25) is 0 Å². The fourth-order valence-corrected chi connectivity index (χ4v) is 13.9. The van der Waals surface area contributed by atoms with Crippen molar-refractivity contribution in [2.75, 3.05) is 7.11 Å². The molecule has 4 heterocycles. The van der Waals surface area contributed by atoms with Crippen molar-refractivity contribution in [3.8, 4) is 23.3 Å². The maximum Gasteiger partial charge on any atom is 0.536 e. The first-order valence-corrected chi connectivity index (χ1v) is 25.1. The summed E-state index contributed by atoms with van der Waals surface area (Å²) in [4.78, 5) is 68.2. The molecule has 0 aromatic heterocycles. The van der Waals surface area contributed by atoms with Crippen LogP contribution in [-0.4, -0.2) is 60.8 Å². The van der Waals surface area contributed by atoms with Gasteiger partial charge >= 0.3 is 29.4 Å². The van der Waals surface area contributed by atoms with E-state index in [0.29, 0.717) is 18.4 Å². The number of benzene rings is 1. The van der Waals surface area contributed by atoms with E-state index in [1.54, 1.807) is 25.2 Å². The lowest BCUT2D eigenvalue weighted by Gasteiger charge is -2.66. The molecule has 1 aromatic carbocycles. The Hall–Kier alpha value is -4.04. The molecule has 1 aromatic rings. The molecule has 19 nitrogen and oxygen atoms in total. The van der Waals surface area contributed by atoms with Gasteiger partial charge < -0.3 is 49.2 Å². The number of fused-ring (bicyclic) bond motifs is 3. The van der Waals surface area contributed by atoms with Crippen LogP contribution in [-0.2, 0) is 47.8 Å². The minimum absolute atomic E-state index is 0.0186. The molecule has 1 saturated heterocycles. The van der Waals surface area contributed by atoms with Gasteiger partial charge in [-0.25, -0.2) is 18.5 Å². The number of nitrogens with one attached hydrogen (secondary N) is 1. The number of nitrogens with two attached hydrogens (primary N) is 1. The number of esters is 1. The van der Waals surface area contributed by atoms with Gasteiger partial charge in [-0.05, 0) is 93.2 Å². The van der Waals surface area contributed by atoms with Crippen molar-refractivity contribution in [1.29, 1.82) is 5.26 Å². The number of carbonyl (C=O) groups excluding carboxylic acids is 2. The standard InChI is InChI=1S/C42H54N3O16P3/c1-21(2)11-10-16-40(8)17-15-25-33(56-40)24(13-12-22(3)4)34-30(35(25)58-63(51,52)61-64(53,54)60-62(48,49)50)32-31-29(27(20-43)37(44)45-32)26-19-28-39(6,7)59-41(36(26)46,42(28,31)57-34)18-14-23(5)38(47)55-9/h11-12,14-15,17,26,28-29,31-32,45H,10,13,16,18-19,44H2,1-9H3,(H,51,52)(H,53,54)(H2,48,49,50)/b23-14-. The highest BCUT2D eigenvalue weighted by molar-refractivity contribution is 7.66. The molecule has 10 atom stereocenters. The van der Waals surface area contributed by atoms with Crippen molar-refractivity contribution in [3.63, 3.8) is 0 Å². The van der Waals surface area contributed by atoms with Gasteiger partial charge in [-0.1, -0.05) is 29.4 Å². The number of methoxy groups -OCH3 is 1. The van der Waals surface area contributed by atoms with Crippen LogP contribution >= 0.6 is 23.5 Å². The second-order valence-electron chi connectivity index (χ2n) is 18.4. The molecule has 8 rings (SSSR count). The number of allylic oxidation sites excluding steroid dienone is 5. The smallest absolute Gasteiger partial charge is 0.482 e. The lowest BCUT2D eigenvalue weighted by atomic mass is 9.41. The number of Topliss-reactive ketones (excluding diaryl/α,β-unsaturated/α-hetero) is 1. The van der Waals surface area contributed by atoms with Crippen LogP contribution in [0.15, 0.2) is 52.4 Å². The Kier molecular flexibility index (Phi) is 12.0. The molecule has 10 unspecified atom stereocenters. The van der Waals surface area contributed by atoms with Gasteiger partial charge in [0.1, 0.15) is 22.9 Å². The van der Waals surface area contributed by atoms with Crippen LogP contribution in [0.5, 0.6) is 17.2 Å². The highest BCUT2D eigenvalue weighted by Crippen LogP contribution is 2.76. The Morgan fingerprint density at radius 2 is 1.67 bits per heavy atom. The number of carbonyl (C=O) groups is 2. The predicted molar refractivity (Wildman–Crippen MR) is 229 cm³/mol. The second-order valence-corrected chi connectivity index (χ2v) is 22.8. The Balaban J connectivity index is 1.57. The number of nitriles is 1.